The summed E-state index contributed by atoms with van der Waals surface area (Å²) >= 11 is 0. The van der Waals surface area contributed by atoms with Crippen molar-refractivity contribution in [3.8, 4) is 17.2 Å². The van der Waals surface area contributed by atoms with Crippen LogP contribution in [0, 0.1) is 13.8 Å². The third-order valence-corrected chi connectivity index (χ3v) is 5.74. The average molecular weight is 492 g/mol. The quantitative estimate of drug-likeness (QED) is 0.323. The molecule has 3 rings (SSSR count). The van der Waals surface area contributed by atoms with Crippen LogP contribution in [0.4, 0.5) is 13.2 Å². The maximum absolute atomic E-state index is 14.0. The summed E-state index contributed by atoms with van der Waals surface area (Å²) in [6, 6.07) is 6.41. The fourth-order valence-corrected chi connectivity index (χ4v) is 4.22. The lowest BCUT2D eigenvalue weighted by Gasteiger charge is -2.19. The number of ether oxygens (including phenoxy) is 1. The third-order valence-electron chi connectivity index (χ3n) is 5.74. The molecule has 0 fully saturated rings. The number of phenolic OH excluding ortho intramolecular Hbond substituents is 1. The number of aromatic hydroxyl groups is 1. The summed E-state index contributed by atoms with van der Waals surface area (Å²) < 4.78 is 53.0. The first-order chi connectivity index (χ1) is 16.4. The second-order valence-electron chi connectivity index (χ2n) is 9.30. The van der Waals surface area contributed by atoms with E-state index in [1.165, 1.54) is 6.07 Å². The standard InChI is InChI=1S/C27H32F3NO4/c1-6-7-8-9-10-18-14-20-23(33)25(34-19-12-16(2)11-17(3)13-19)26(27(28,29)30)35-24(20)21(22(18)32)15-31(4)5/h11-14,32H,6-10,15H2,1-5H3. The highest BCUT2D eigenvalue weighted by atomic mass is 19.4. The van der Waals surface area contributed by atoms with Crippen molar-refractivity contribution in [1.82, 2.24) is 4.90 Å². The van der Waals surface area contributed by atoms with Crippen molar-refractivity contribution >= 4 is 11.0 Å². The molecule has 0 aliphatic carbocycles. The molecular weight excluding hydrogens is 459 g/mol. The van der Waals surface area contributed by atoms with Crippen LogP contribution in [-0.4, -0.2) is 24.1 Å². The number of benzene rings is 2. The number of halogens is 3. The zero-order valence-corrected chi connectivity index (χ0v) is 20.8. The highest BCUT2D eigenvalue weighted by molar-refractivity contribution is 5.85. The first kappa shape index (κ1) is 26.6. The molecule has 0 aliphatic heterocycles. The Hall–Kier alpha value is -3.00. The van der Waals surface area contributed by atoms with E-state index in [2.05, 4.69) is 6.92 Å². The summed E-state index contributed by atoms with van der Waals surface area (Å²) in [6.45, 7) is 5.76. The predicted molar refractivity (Wildman–Crippen MR) is 130 cm³/mol. The van der Waals surface area contributed by atoms with E-state index in [0.29, 0.717) is 12.0 Å². The van der Waals surface area contributed by atoms with Crippen LogP contribution in [0.1, 0.15) is 60.6 Å². The first-order valence-corrected chi connectivity index (χ1v) is 11.7. The molecule has 0 saturated carbocycles. The Morgan fingerprint density at radius 2 is 1.69 bits per heavy atom. The van der Waals surface area contributed by atoms with Gasteiger partial charge in [-0.15, -0.1) is 0 Å². The van der Waals surface area contributed by atoms with E-state index in [4.69, 9.17) is 9.15 Å². The first-order valence-electron chi connectivity index (χ1n) is 11.7. The minimum atomic E-state index is -4.98. The average Bonchev–Trinajstić information content (AvgIpc) is 2.74. The zero-order chi connectivity index (χ0) is 25.9. The summed E-state index contributed by atoms with van der Waals surface area (Å²) in [5.41, 5.74) is 1.03. The largest absolute Gasteiger partial charge is 0.507 e. The molecule has 8 heteroatoms. The Morgan fingerprint density at radius 1 is 1.03 bits per heavy atom. The molecule has 1 heterocycles. The van der Waals surface area contributed by atoms with Gasteiger partial charge in [0.25, 0.3) is 5.76 Å². The number of alkyl halides is 3. The molecule has 0 radical (unpaired) electrons. The molecule has 0 bridgehead atoms. The molecule has 190 valence electrons. The van der Waals surface area contributed by atoms with Crippen molar-refractivity contribution in [3.05, 3.63) is 62.5 Å². The predicted octanol–water partition coefficient (Wildman–Crippen LogP) is 7.11. The highest BCUT2D eigenvalue weighted by Crippen LogP contribution is 2.41. The zero-order valence-electron chi connectivity index (χ0n) is 20.8. The van der Waals surface area contributed by atoms with Gasteiger partial charge in [0.1, 0.15) is 17.1 Å². The van der Waals surface area contributed by atoms with Crippen molar-refractivity contribution in [3.63, 3.8) is 0 Å². The monoisotopic (exact) mass is 491 g/mol. The molecule has 1 aromatic heterocycles. The van der Waals surface area contributed by atoms with Crippen LogP contribution in [0.2, 0.25) is 0 Å². The molecule has 3 aromatic rings. The highest BCUT2D eigenvalue weighted by Gasteiger charge is 2.41. The van der Waals surface area contributed by atoms with Gasteiger partial charge in [-0.1, -0.05) is 32.3 Å². The Labute approximate surface area is 203 Å². The molecule has 1 N–H and O–H groups in total. The molecule has 35 heavy (non-hydrogen) atoms. The van der Waals surface area contributed by atoms with Crippen LogP contribution in [0.15, 0.2) is 33.5 Å². The van der Waals surface area contributed by atoms with Gasteiger partial charge in [0.2, 0.25) is 11.2 Å². The maximum atomic E-state index is 14.0. The van der Waals surface area contributed by atoms with E-state index < -0.39 is 23.1 Å². The fraction of sp³-hybridized carbons (Fsp3) is 0.444. The smallest absolute Gasteiger partial charge is 0.453 e. The van der Waals surface area contributed by atoms with Gasteiger partial charge >= 0.3 is 6.18 Å². The number of hydrogen-bond donors (Lipinski definition) is 1. The maximum Gasteiger partial charge on any atom is 0.453 e. The van der Waals surface area contributed by atoms with Crippen molar-refractivity contribution in [1.29, 1.82) is 0 Å². The number of unbranched alkanes of at least 4 members (excludes halogenated alkanes) is 3. The molecule has 0 amide bonds. The Morgan fingerprint density at radius 3 is 2.26 bits per heavy atom. The van der Waals surface area contributed by atoms with E-state index in [1.54, 1.807) is 45.0 Å². The fourth-order valence-electron chi connectivity index (χ4n) is 4.22. The summed E-state index contributed by atoms with van der Waals surface area (Å²) in [4.78, 5) is 15.2. The second-order valence-corrected chi connectivity index (χ2v) is 9.30. The normalized spacial score (nSPS) is 12.0. The van der Waals surface area contributed by atoms with Crippen LogP contribution in [0.3, 0.4) is 0 Å². The van der Waals surface area contributed by atoms with E-state index in [0.717, 1.165) is 36.8 Å². The van der Waals surface area contributed by atoms with Crippen LogP contribution >= 0.6 is 0 Å². The summed E-state index contributed by atoms with van der Waals surface area (Å²) in [6.07, 6.45) is -0.685. The lowest BCUT2D eigenvalue weighted by atomic mass is 9.98. The SMILES string of the molecule is CCCCCCc1cc2c(=O)c(Oc3cc(C)cc(C)c3)c(C(F)(F)F)oc2c(CN(C)C)c1O. The Bertz CT molecular complexity index is 1240. The van der Waals surface area contributed by atoms with Gasteiger partial charge in [-0.05, 0) is 75.7 Å². The van der Waals surface area contributed by atoms with E-state index in [9.17, 15) is 23.1 Å². The number of phenols is 1. The van der Waals surface area contributed by atoms with E-state index in [1.807, 2.05) is 6.07 Å². The van der Waals surface area contributed by atoms with E-state index in [-0.39, 0.29) is 34.6 Å². The molecule has 0 spiro atoms. The van der Waals surface area contributed by atoms with Gasteiger partial charge in [-0.3, -0.25) is 4.79 Å². The molecular formula is C27H32F3NO4. The van der Waals surface area contributed by atoms with Crippen molar-refractivity contribution in [2.24, 2.45) is 0 Å². The number of hydrogen-bond acceptors (Lipinski definition) is 5. The van der Waals surface area contributed by atoms with Crippen LogP contribution < -0.4 is 10.2 Å². The van der Waals surface area contributed by atoms with Gasteiger partial charge in [0.05, 0.1) is 10.9 Å². The third kappa shape index (κ3) is 6.17. The number of nitrogens with zero attached hydrogens (tertiary/aromatic N) is 1. The second kappa shape index (κ2) is 10.7. The van der Waals surface area contributed by atoms with Gasteiger partial charge in [0, 0.05) is 6.54 Å². The van der Waals surface area contributed by atoms with Crippen LogP contribution in [0.5, 0.6) is 17.2 Å². The van der Waals surface area contributed by atoms with Crippen molar-refractivity contribution < 1.29 is 27.4 Å². The number of aryl methyl sites for hydroxylation is 3. The minimum absolute atomic E-state index is 0.0440. The lowest BCUT2D eigenvalue weighted by molar-refractivity contribution is -0.154. The van der Waals surface area contributed by atoms with Gasteiger partial charge < -0.3 is 19.2 Å². The van der Waals surface area contributed by atoms with E-state index >= 15 is 0 Å². The topological polar surface area (TPSA) is 62.9 Å². The van der Waals surface area contributed by atoms with Gasteiger partial charge in [-0.25, -0.2) is 0 Å². The van der Waals surface area contributed by atoms with Crippen LogP contribution in [0.25, 0.3) is 11.0 Å². The number of rotatable bonds is 9. The van der Waals surface area contributed by atoms with Gasteiger partial charge in [0.15, 0.2) is 0 Å². The van der Waals surface area contributed by atoms with Crippen molar-refractivity contribution in [2.75, 3.05) is 14.1 Å². The Kier molecular flexibility index (Phi) is 8.15. The summed E-state index contributed by atoms with van der Waals surface area (Å²) in [5.74, 6) is -2.45. The number of fused-ring (bicyclic) bond motifs is 1. The van der Waals surface area contributed by atoms with Gasteiger partial charge in [-0.2, -0.15) is 13.2 Å². The van der Waals surface area contributed by atoms with Crippen molar-refractivity contribution in [2.45, 2.75) is 65.6 Å². The van der Waals surface area contributed by atoms with Crippen LogP contribution in [-0.2, 0) is 19.1 Å². The molecule has 0 saturated heterocycles. The Balaban J connectivity index is 2.27. The molecule has 0 unspecified atom stereocenters. The molecule has 2 aromatic carbocycles. The minimum Gasteiger partial charge on any atom is -0.507 e. The molecule has 5 nitrogen and oxygen atoms in total. The lowest BCUT2D eigenvalue weighted by Crippen LogP contribution is -2.18. The molecule has 0 atom stereocenters. The molecule has 0 aliphatic rings. The summed E-state index contributed by atoms with van der Waals surface area (Å²) in [7, 11) is 3.44. The summed E-state index contributed by atoms with van der Waals surface area (Å²) in [5, 5.41) is 10.9.